The second-order valence-electron chi connectivity index (χ2n) is 6.19. The van der Waals surface area contributed by atoms with Gasteiger partial charge >= 0.3 is 0 Å². The summed E-state index contributed by atoms with van der Waals surface area (Å²) in [5.41, 5.74) is 1.91. The zero-order chi connectivity index (χ0) is 15.5. The molecule has 3 heteroatoms. The summed E-state index contributed by atoms with van der Waals surface area (Å²) in [4.78, 5) is 2.41. The molecule has 1 heterocycles. The van der Waals surface area contributed by atoms with E-state index in [1.165, 1.54) is 0 Å². The van der Waals surface area contributed by atoms with Crippen LogP contribution in [0, 0.1) is 5.82 Å². The first-order valence-electron chi connectivity index (χ1n) is 7.95. The molecule has 0 saturated carbocycles. The Kier molecular flexibility index (Phi) is 4.55. The first kappa shape index (κ1) is 15.2. The van der Waals surface area contributed by atoms with Crippen LogP contribution in [-0.4, -0.2) is 30.1 Å². The Labute approximate surface area is 132 Å². The maximum Gasteiger partial charge on any atom is 0.128 e. The Balaban J connectivity index is 2.05. The first-order valence-corrected chi connectivity index (χ1v) is 7.95. The Hall–Kier alpha value is -1.71. The molecule has 1 aliphatic heterocycles. The standard InChI is InChI=1S/C19H23FN2/c1-14-13-22(15(2)12-21-14)19(16-8-4-3-5-9-16)17-10-6-7-11-18(17)20/h3-11,14-15,19,21H,12-13H2,1-2H3. The lowest BCUT2D eigenvalue weighted by molar-refractivity contribution is 0.111. The lowest BCUT2D eigenvalue weighted by Gasteiger charge is -2.43. The highest BCUT2D eigenvalue weighted by molar-refractivity contribution is 5.33. The van der Waals surface area contributed by atoms with Crippen LogP contribution in [0.2, 0.25) is 0 Å². The molecule has 0 radical (unpaired) electrons. The second kappa shape index (κ2) is 6.59. The normalized spacial score (nSPS) is 24.1. The lowest BCUT2D eigenvalue weighted by atomic mass is 9.94. The highest BCUT2D eigenvalue weighted by Gasteiger charge is 2.32. The molecule has 1 N–H and O–H groups in total. The quantitative estimate of drug-likeness (QED) is 0.931. The summed E-state index contributed by atoms with van der Waals surface area (Å²) in [6.45, 7) is 6.23. The number of nitrogens with zero attached hydrogens (tertiary/aromatic N) is 1. The van der Waals surface area contributed by atoms with Gasteiger partial charge in [-0.2, -0.15) is 0 Å². The van der Waals surface area contributed by atoms with Crippen molar-refractivity contribution in [3.8, 4) is 0 Å². The third-order valence-corrected chi connectivity index (χ3v) is 4.46. The molecule has 0 aromatic heterocycles. The first-order chi connectivity index (χ1) is 10.7. The molecule has 2 nitrogen and oxygen atoms in total. The smallest absolute Gasteiger partial charge is 0.128 e. The summed E-state index contributed by atoms with van der Waals surface area (Å²) in [5, 5.41) is 3.50. The van der Waals surface area contributed by atoms with Gasteiger partial charge in [0.15, 0.2) is 0 Å². The minimum Gasteiger partial charge on any atom is -0.311 e. The van der Waals surface area contributed by atoms with Crippen LogP contribution in [0.4, 0.5) is 4.39 Å². The minimum atomic E-state index is -0.130. The number of rotatable bonds is 3. The van der Waals surface area contributed by atoms with E-state index in [1.807, 2.05) is 30.3 Å². The number of hydrogen-bond acceptors (Lipinski definition) is 2. The summed E-state index contributed by atoms with van der Waals surface area (Å²) in [6, 6.07) is 18.1. The maximum absolute atomic E-state index is 14.5. The molecule has 0 bridgehead atoms. The summed E-state index contributed by atoms with van der Waals surface area (Å²) in [5.74, 6) is -0.130. The van der Waals surface area contributed by atoms with Crippen molar-refractivity contribution in [1.82, 2.24) is 10.2 Å². The molecule has 1 aliphatic rings. The molecule has 0 aliphatic carbocycles. The van der Waals surface area contributed by atoms with Crippen LogP contribution in [0.1, 0.15) is 31.0 Å². The lowest BCUT2D eigenvalue weighted by Crippen LogP contribution is -2.55. The monoisotopic (exact) mass is 298 g/mol. The van der Waals surface area contributed by atoms with E-state index >= 15 is 0 Å². The van der Waals surface area contributed by atoms with Crippen LogP contribution in [0.25, 0.3) is 0 Å². The molecule has 2 aromatic carbocycles. The van der Waals surface area contributed by atoms with Gasteiger partial charge in [-0.15, -0.1) is 0 Å². The van der Waals surface area contributed by atoms with Crippen LogP contribution >= 0.6 is 0 Å². The number of hydrogen-bond donors (Lipinski definition) is 1. The van der Waals surface area contributed by atoms with E-state index in [9.17, 15) is 4.39 Å². The molecule has 1 fully saturated rings. The van der Waals surface area contributed by atoms with Crippen LogP contribution in [-0.2, 0) is 0 Å². The Morgan fingerprint density at radius 2 is 1.73 bits per heavy atom. The van der Waals surface area contributed by atoms with E-state index in [0.29, 0.717) is 12.1 Å². The molecule has 0 spiro atoms. The summed E-state index contributed by atoms with van der Waals surface area (Å²) >= 11 is 0. The van der Waals surface area contributed by atoms with Gasteiger partial charge in [0.1, 0.15) is 5.82 Å². The van der Waals surface area contributed by atoms with Gasteiger partial charge in [0.2, 0.25) is 0 Å². The van der Waals surface area contributed by atoms with Gasteiger partial charge in [0.25, 0.3) is 0 Å². The van der Waals surface area contributed by atoms with E-state index in [4.69, 9.17) is 0 Å². The summed E-state index contributed by atoms with van der Waals surface area (Å²) < 4.78 is 14.5. The fraction of sp³-hybridized carbons (Fsp3) is 0.368. The second-order valence-corrected chi connectivity index (χ2v) is 6.19. The molecule has 0 amide bonds. The van der Waals surface area contributed by atoms with Crippen molar-refractivity contribution in [1.29, 1.82) is 0 Å². The minimum absolute atomic E-state index is 0.0399. The Morgan fingerprint density at radius 3 is 2.45 bits per heavy atom. The highest BCUT2D eigenvalue weighted by atomic mass is 19.1. The van der Waals surface area contributed by atoms with Gasteiger partial charge in [-0.3, -0.25) is 4.90 Å². The number of benzene rings is 2. The highest BCUT2D eigenvalue weighted by Crippen LogP contribution is 2.32. The SMILES string of the molecule is CC1CN(C(c2ccccc2)c2ccccc2F)C(C)CN1. The van der Waals surface area contributed by atoms with Crippen molar-refractivity contribution in [2.75, 3.05) is 13.1 Å². The van der Waals surface area contributed by atoms with Gasteiger partial charge in [0, 0.05) is 30.7 Å². The molecule has 2 aromatic rings. The van der Waals surface area contributed by atoms with E-state index < -0.39 is 0 Å². The third-order valence-electron chi connectivity index (χ3n) is 4.46. The molecule has 116 valence electrons. The van der Waals surface area contributed by atoms with E-state index in [0.717, 1.165) is 24.2 Å². The van der Waals surface area contributed by atoms with Crippen LogP contribution in [0.15, 0.2) is 54.6 Å². The molecular formula is C19H23FN2. The van der Waals surface area contributed by atoms with E-state index in [2.05, 4.69) is 36.2 Å². The molecule has 3 rings (SSSR count). The third kappa shape index (κ3) is 3.06. The van der Waals surface area contributed by atoms with Crippen molar-refractivity contribution in [3.05, 3.63) is 71.5 Å². The van der Waals surface area contributed by atoms with Gasteiger partial charge in [-0.1, -0.05) is 48.5 Å². The van der Waals surface area contributed by atoms with Gasteiger partial charge in [-0.25, -0.2) is 4.39 Å². The van der Waals surface area contributed by atoms with Crippen molar-refractivity contribution < 1.29 is 4.39 Å². The van der Waals surface area contributed by atoms with E-state index in [1.54, 1.807) is 12.1 Å². The van der Waals surface area contributed by atoms with Crippen LogP contribution in [0.3, 0.4) is 0 Å². The van der Waals surface area contributed by atoms with Gasteiger partial charge in [-0.05, 0) is 25.5 Å². The molecular weight excluding hydrogens is 275 g/mol. The largest absolute Gasteiger partial charge is 0.311 e. The van der Waals surface area contributed by atoms with Crippen LogP contribution in [0.5, 0.6) is 0 Å². The fourth-order valence-corrected chi connectivity index (χ4v) is 3.29. The number of nitrogens with one attached hydrogen (secondary N) is 1. The number of halogens is 1. The topological polar surface area (TPSA) is 15.3 Å². The predicted octanol–water partition coefficient (Wildman–Crippen LogP) is 3.60. The predicted molar refractivity (Wildman–Crippen MR) is 88.3 cm³/mol. The average molecular weight is 298 g/mol. The van der Waals surface area contributed by atoms with Crippen LogP contribution < -0.4 is 5.32 Å². The number of piperazine rings is 1. The zero-order valence-corrected chi connectivity index (χ0v) is 13.2. The van der Waals surface area contributed by atoms with Gasteiger partial charge < -0.3 is 5.32 Å². The van der Waals surface area contributed by atoms with Crippen molar-refractivity contribution in [2.24, 2.45) is 0 Å². The fourth-order valence-electron chi connectivity index (χ4n) is 3.29. The molecule has 3 unspecified atom stereocenters. The maximum atomic E-state index is 14.5. The summed E-state index contributed by atoms with van der Waals surface area (Å²) in [6.07, 6.45) is 0. The van der Waals surface area contributed by atoms with Gasteiger partial charge in [0.05, 0.1) is 6.04 Å². The molecule has 3 atom stereocenters. The van der Waals surface area contributed by atoms with E-state index in [-0.39, 0.29) is 11.9 Å². The Bertz CT molecular complexity index is 614. The Morgan fingerprint density at radius 1 is 1.05 bits per heavy atom. The van der Waals surface area contributed by atoms with Crippen molar-refractivity contribution in [3.63, 3.8) is 0 Å². The molecule has 1 saturated heterocycles. The summed E-state index contributed by atoms with van der Waals surface area (Å²) in [7, 11) is 0. The van der Waals surface area contributed by atoms with Crippen molar-refractivity contribution in [2.45, 2.75) is 32.0 Å². The van der Waals surface area contributed by atoms with Crippen molar-refractivity contribution >= 4 is 0 Å². The molecule has 22 heavy (non-hydrogen) atoms. The zero-order valence-electron chi connectivity index (χ0n) is 13.2. The average Bonchev–Trinajstić information content (AvgIpc) is 2.54.